The molecule has 1 aromatic heterocycles. The van der Waals surface area contributed by atoms with Crippen molar-refractivity contribution >= 4 is 35.1 Å². The summed E-state index contributed by atoms with van der Waals surface area (Å²) in [5, 5.41) is 8.83. The summed E-state index contributed by atoms with van der Waals surface area (Å²) in [4.78, 5) is 14.9. The van der Waals surface area contributed by atoms with Gasteiger partial charge in [0.05, 0.1) is 23.9 Å². The number of thioether (sulfide) groups is 1. The number of hydrogen-bond acceptors (Lipinski definition) is 5. The third-order valence-corrected chi connectivity index (χ3v) is 5.10. The van der Waals surface area contributed by atoms with Crippen LogP contribution in [0.2, 0.25) is 0 Å². The summed E-state index contributed by atoms with van der Waals surface area (Å²) in [6, 6.07) is 19.1. The summed E-state index contributed by atoms with van der Waals surface area (Å²) in [7, 11) is 0. The second-order valence-electron chi connectivity index (χ2n) is 6.17. The zero-order valence-electron chi connectivity index (χ0n) is 15.2. The van der Waals surface area contributed by atoms with Gasteiger partial charge in [-0.3, -0.25) is 9.69 Å². The van der Waals surface area contributed by atoms with Crippen LogP contribution in [-0.2, 0) is 11.3 Å². The van der Waals surface area contributed by atoms with Crippen molar-refractivity contribution in [3.63, 3.8) is 0 Å². The molecular weight excluding hydrogens is 389 g/mol. The predicted octanol–water partition coefficient (Wildman–Crippen LogP) is 4.93. The quantitative estimate of drug-likeness (QED) is 0.344. The number of benzene rings is 2. The van der Waals surface area contributed by atoms with Crippen molar-refractivity contribution in [1.82, 2.24) is 4.90 Å². The fourth-order valence-corrected chi connectivity index (χ4v) is 3.61. The molecule has 0 bridgehead atoms. The number of hydrogen-bond donors (Lipinski definition) is 0. The molecule has 4 rings (SSSR count). The van der Waals surface area contributed by atoms with Crippen molar-refractivity contribution in [1.29, 1.82) is 0 Å². The van der Waals surface area contributed by atoms with E-state index in [2.05, 4.69) is 10.2 Å². The Bertz CT molecular complexity index is 1080. The fourth-order valence-electron chi connectivity index (χ4n) is 2.67. The average molecular weight is 405 g/mol. The molecule has 0 unspecified atom stereocenters. The van der Waals surface area contributed by atoms with Crippen LogP contribution >= 0.6 is 11.8 Å². The first kappa shape index (κ1) is 18.9. The Kier molecular flexibility index (Phi) is 5.67. The lowest BCUT2D eigenvalue weighted by atomic mass is 10.2. The van der Waals surface area contributed by atoms with Crippen LogP contribution in [0.1, 0.15) is 16.9 Å². The molecule has 1 saturated heterocycles. The smallest absolute Gasteiger partial charge is 0.267 e. The number of furan rings is 1. The van der Waals surface area contributed by atoms with Crippen LogP contribution in [0.5, 0.6) is 0 Å². The SMILES string of the molecule is O=C1/C(=C/c2ccc(F)cc2)S/C(=N\N=C\c2ccccc2)N1Cc1ccco1. The number of carbonyl (C=O) groups excluding carboxylic acids is 1. The minimum atomic E-state index is -0.325. The number of amides is 1. The molecule has 7 heteroatoms. The highest BCUT2D eigenvalue weighted by Gasteiger charge is 2.34. The van der Waals surface area contributed by atoms with Gasteiger partial charge in [-0.1, -0.05) is 42.5 Å². The molecule has 144 valence electrons. The van der Waals surface area contributed by atoms with Crippen molar-refractivity contribution < 1.29 is 13.6 Å². The summed E-state index contributed by atoms with van der Waals surface area (Å²) >= 11 is 1.22. The van der Waals surface area contributed by atoms with Crippen molar-refractivity contribution in [3.05, 3.63) is 101 Å². The zero-order chi connectivity index (χ0) is 20.1. The van der Waals surface area contributed by atoms with E-state index in [0.29, 0.717) is 15.8 Å². The average Bonchev–Trinajstić information content (AvgIpc) is 3.35. The lowest BCUT2D eigenvalue weighted by molar-refractivity contribution is -0.122. The van der Waals surface area contributed by atoms with Gasteiger partial charge in [0.25, 0.3) is 5.91 Å². The summed E-state index contributed by atoms with van der Waals surface area (Å²) in [5.41, 5.74) is 1.64. The Morgan fingerprint density at radius 3 is 2.52 bits per heavy atom. The van der Waals surface area contributed by atoms with E-state index in [-0.39, 0.29) is 18.3 Å². The molecule has 0 saturated carbocycles. The number of nitrogens with zero attached hydrogens (tertiary/aromatic N) is 3. The van der Waals surface area contributed by atoms with E-state index < -0.39 is 0 Å². The lowest BCUT2D eigenvalue weighted by Crippen LogP contribution is -2.28. The van der Waals surface area contributed by atoms with Gasteiger partial charge < -0.3 is 4.42 Å². The van der Waals surface area contributed by atoms with Crippen LogP contribution in [0.4, 0.5) is 4.39 Å². The van der Waals surface area contributed by atoms with Crippen LogP contribution in [0, 0.1) is 5.82 Å². The Balaban J connectivity index is 1.61. The maximum atomic E-state index is 13.1. The summed E-state index contributed by atoms with van der Waals surface area (Å²) in [6.07, 6.45) is 4.90. The minimum absolute atomic E-state index is 0.204. The molecule has 1 amide bonds. The minimum Gasteiger partial charge on any atom is -0.467 e. The molecule has 1 fully saturated rings. The van der Waals surface area contributed by atoms with Gasteiger partial charge in [-0.2, -0.15) is 5.10 Å². The molecule has 0 N–H and O–H groups in total. The van der Waals surface area contributed by atoms with Crippen molar-refractivity contribution in [3.8, 4) is 0 Å². The number of rotatable bonds is 5. The molecular formula is C22H16FN3O2S. The van der Waals surface area contributed by atoms with Crippen LogP contribution in [-0.4, -0.2) is 22.2 Å². The standard InChI is InChI=1S/C22H16FN3O2S/c23-18-10-8-16(9-11-18)13-20-21(27)26(15-19-7-4-12-28-19)22(29-20)25-24-14-17-5-2-1-3-6-17/h1-14H,15H2/b20-13-,24-14+,25-22-. The fraction of sp³-hybridized carbons (Fsp3) is 0.0455. The third-order valence-electron chi connectivity index (χ3n) is 4.10. The van der Waals surface area contributed by atoms with E-state index in [4.69, 9.17) is 4.42 Å². The highest BCUT2D eigenvalue weighted by Crippen LogP contribution is 2.33. The first-order valence-corrected chi connectivity index (χ1v) is 9.66. The molecule has 0 spiro atoms. The molecule has 1 aliphatic heterocycles. The molecule has 0 radical (unpaired) electrons. The molecule has 2 aromatic carbocycles. The van der Waals surface area contributed by atoms with Gasteiger partial charge in [-0.25, -0.2) is 4.39 Å². The maximum absolute atomic E-state index is 13.1. The van der Waals surface area contributed by atoms with Gasteiger partial charge >= 0.3 is 0 Å². The summed E-state index contributed by atoms with van der Waals surface area (Å²) in [6.45, 7) is 0.249. The van der Waals surface area contributed by atoms with Gasteiger partial charge in [0.1, 0.15) is 11.6 Å². The number of halogens is 1. The predicted molar refractivity (Wildman–Crippen MR) is 113 cm³/mol. The van der Waals surface area contributed by atoms with E-state index in [1.807, 2.05) is 30.3 Å². The highest BCUT2D eigenvalue weighted by atomic mass is 32.2. The Labute approximate surface area is 171 Å². The summed E-state index contributed by atoms with van der Waals surface area (Å²) < 4.78 is 18.5. The van der Waals surface area contributed by atoms with E-state index in [9.17, 15) is 9.18 Å². The van der Waals surface area contributed by atoms with Gasteiger partial charge in [-0.05, 0) is 53.2 Å². The van der Waals surface area contributed by atoms with E-state index >= 15 is 0 Å². The van der Waals surface area contributed by atoms with Gasteiger partial charge in [-0.15, -0.1) is 5.10 Å². The molecule has 2 heterocycles. The Morgan fingerprint density at radius 1 is 1.00 bits per heavy atom. The van der Waals surface area contributed by atoms with Crippen LogP contribution < -0.4 is 0 Å². The van der Waals surface area contributed by atoms with E-state index in [0.717, 1.165) is 11.1 Å². The zero-order valence-corrected chi connectivity index (χ0v) is 16.1. The van der Waals surface area contributed by atoms with Gasteiger partial charge in [0.15, 0.2) is 5.17 Å². The van der Waals surface area contributed by atoms with Gasteiger partial charge in [0.2, 0.25) is 0 Å². The first-order chi connectivity index (χ1) is 14.2. The van der Waals surface area contributed by atoms with E-state index in [1.165, 1.54) is 28.8 Å². The second-order valence-corrected chi connectivity index (χ2v) is 7.18. The third kappa shape index (κ3) is 4.70. The monoisotopic (exact) mass is 405 g/mol. The molecule has 29 heavy (non-hydrogen) atoms. The molecule has 1 aliphatic rings. The van der Waals surface area contributed by atoms with Crippen molar-refractivity contribution in [2.45, 2.75) is 6.54 Å². The maximum Gasteiger partial charge on any atom is 0.267 e. The summed E-state index contributed by atoms with van der Waals surface area (Å²) in [5.74, 6) is 0.112. The van der Waals surface area contributed by atoms with Crippen molar-refractivity contribution in [2.75, 3.05) is 0 Å². The van der Waals surface area contributed by atoms with Crippen LogP contribution in [0.3, 0.4) is 0 Å². The normalized spacial score (nSPS) is 17.1. The Morgan fingerprint density at radius 2 is 1.79 bits per heavy atom. The van der Waals surface area contributed by atoms with Gasteiger partial charge in [0, 0.05) is 0 Å². The number of amidine groups is 1. The molecule has 0 atom stereocenters. The molecule has 0 aliphatic carbocycles. The van der Waals surface area contributed by atoms with Crippen LogP contribution in [0.15, 0.2) is 92.5 Å². The van der Waals surface area contributed by atoms with Crippen molar-refractivity contribution in [2.24, 2.45) is 10.2 Å². The second kappa shape index (κ2) is 8.70. The van der Waals surface area contributed by atoms with Crippen LogP contribution in [0.25, 0.3) is 6.08 Å². The lowest BCUT2D eigenvalue weighted by Gasteiger charge is -2.12. The van der Waals surface area contributed by atoms with E-state index in [1.54, 1.807) is 42.8 Å². The molecule has 3 aromatic rings. The topological polar surface area (TPSA) is 58.2 Å². The molecule has 5 nitrogen and oxygen atoms in total. The highest BCUT2D eigenvalue weighted by molar-refractivity contribution is 8.18. The number of carbonyl (C=O) groups is 1. The first-order valence-electron chi connectivity index (χ1n) is 8.84. The largest absolute Gasteiger partial charge is 0.467 e. The Hall–Kier alpha value is -3.45.